The summed E-state index contributed by atoms with van der Waals surface area (Å²) in [5.74, 6) is 1.23. The first kappa shape index (κ1) is 22.2. The molecule has 0 saturated carbocycles. The fraction of sp³-hybridized carbons (Fsp3) is 0.292. The highest BCUT2D eigenvalue weighted by Gasteiger charge is 2.15. The van der Waals surface area contributed by atoms with Crippen molar-refractivity contribution in [2.24, 2.45) is 7.05 Å². The number of rotatable bonds is 7. The van der Waals surface area contributed by atoms with Crippen LogP contribution in [0.25, 0.3) is 33.9 Å². The second kappa shape index (κ2) is 9.76. The Labute approximate surface area is 206 Å². The van der Waals surface area contributed by atoms with Crippen LogP contribution in [0.15, 0.2) is 55.2 Å². The van der Waals surface area contributed by atoms with E-state index in [2.05, 4.69) is 35.7 Å². The number of benzene rings is 1. The fourth-order valence-corrected chi connectivity index (χ4v) is 3.99. The van der Waals surface area contributed by atoms with Crippen LogP contribution < -0.4 is 10.1 Å². The minimum atomic E-state index is 0.0353. The zero-order valence-electron chi connectivity index (χ0n) is 19.7. The van der Waals surface area contributed by atoms with Gasteiger partial charge in [-0.25, -0.2) is 24.6 Å². The Morgan fingerprint density at radius 3 is 2.83 bits per heavy atom. The van der Waals surface area contributed by atoms with Gasteiger partial charge in [0.05, 0.1) is 43.6 Å². The van der Waals surface area contributed by atoms with Crippen molar-refractivity contribution in [1.29, 1.82) is 0 Å². The van der Waals surface area contributed by atoms with Gasteiger partial charge in [0.15, 0.2) is 17.2 Å². The molecule has 1 aliphatic rings. The van der Waals surface area contributed by atoms with Gasteiger partial charge >= 0.3 is 0 Å². The van der Waals surface area contributed by atoms with E-state index in [4.69, 9.17) is 14.5 Å². The van der Waals surface area contributed by atoms with Gasteiger partial charge in [-0.2, -0.15) is 5.10 Å². The van der Waals surface area contributed by atoms with E-state index in [-0.39, 0.29) is 6.10 Å². The van der Waals surface area contributed by atoms with Crippen molar-refractivity contribution in [2.45, 2.75) is 12.6 Å². The molecule has 12 heteroatoms. The molecular weight excluding hydrogens is 460 g/mol. The van der Waals surface area contributed by atoms with Crippen molar-refractivity contribution < 1.29 is 9.47 Å². The molecule has 12 nitrogen and oxygen atoms in total. The Morgan fingerprint density at radius 1 is 1.11 bits per heavy atom. The van der Waals surface area contributed by atoms with E-state index in [0.29, 0.717) is 42.6 Å². The highest BCUT2D eigenvalue weighted by molar-refractivity contribution is 5.69. The maximum atomic E-state index is 5.79. The zero-order chi connectivity index (χ0) is 24.3. The van der Waals surface area contributed by atoms with E-state index >= 15 is 0 Å². The van der Waals surface area contributed by atoms with Crippen molar-refractivity contribution in [3.05, 3.63) is 60.8 Å². The number of nitrogens with one attached hydrogen (secondary N) is 1. The van der Waals surface area contributed by atoms with Gasteiger partial charge in [-0.05, 0) is 11.6 Å². The predicted molar refractivity (Wildman–Crippen MR) is 130 cm³/mol. The van der Waals surface area contributed by atoms with E-state index in [1.54, 1.807) is 34.2 Å². The number of hydrogen-bond donors (Lipinski definition) is 1. The van der Waals surface area contributed by atoms with E-state index in [1.165, 1.54) is 0 Å². The van der Waals surface area contributed by atoms with Crippen LogP contribution in [0.3, 0.4) is 0 Å². The number of hydrogen-bond acceptors (Lipinski definition) is 10. The third-order valence-corrected chi connectivity index (χ3v) is 5.81. The lowest BCUT2D eigenvalue weighted by molar-refractivity contribution is 0.0000562. The summed E-state index contributed by atoms with van der Waals surface area (Å²) in [4.78, 5) is 18.1. The molecule has 5 aromatic rings. The van der Waals surface area contributed by atoms with E-state index in [1.807, 2.05) is 37.5 Å². The van der Waals surface area contributed by atoms with Crippen LogP contribution in [0.4, 0.5) is 0 Å². The monoisotopic (exact) mass is 484 g/mol. The van der Waals surface area contributed by atoms with Gasteiger partial charge in [0.25, 0.3) is 0 Å². The molecule has 36 heavy (non-hydrogen) atoms. The van der Waals surface area contributed by atoms with E-state index < -0.39 is 0 Å². The summed E-state index contributed by atoms with van der Waals surface area (Å²) >= 11 is 0. The average Bonchev–Trinajstić information content (AvgIpc) is 3.54. The average molecular weight is 485 g/mol. The lowest BCUT2D eigenvalue weighted by Gasteiger charge is -2.23. The second-order valence-electron chi connectivity index (χ2n) is 8.50. The molecule has 182 valence electrons. The van der Waals surface area contributed by atoms with Crippen LogP contribution in [-0.2, 0) is 18.3 Å². The topological polar surface area (TPSA) is 131 Å². The number of aryl methyl sites for hydroxylation is 1. The summed E-state index contributed by atoms with van der Waals surface area (Å²) in [6, 6.07) is 7.99. The van der Waals surface area contributed by atoms with Crippen molar-refractivity contribution in [2.75, 3.05) is 26.3 Å². The lowest BCUT2D eigenvalue weighted by Crippen LogP contribution is -2.41. The Balaban J connectivity index is 1.18. The molecule has 1 fully saturated rings. The number of ether oxygens (including phenoxy) is 2. The first-order chi connectivity index (χ1) is 17.7. The molecule has 0 spiro atoms. The molecule has 0 bridgehead atoms. The van der Waals surface area contributed by atoms with Crippen molar-refractivity contribution in [3.8, 4) is 28.4 Å². The SMILES string of the molecule is Cn1cc(-c2cnc3nnn(Cc4cccc(-c5ncc(OCC6CNCCO6)cn5)c4)c3n2)cn1. The van der Waals surface area contributed by atoms with Crippen LogP contribution in [0.1, 0.15) is 5.56 Å². The molecule has 5 heterocycles. The maximum absolute atomic E-state index is 5.79. The Kier molecular flexibility index (Phi) is 6.01. The third kappa shape index (κ3) is 4.76. The Bertz CT molecular complexity index is 1470. The largest absolute Gasteiger partial charge is 0.488 e. The van der Waals surface area contributed by atoms with Crippen molar-refractivity contribution in [3.63, 3.8) is 0 Å². The minimum Gasteiger partial charge on any atom is -0.488 e. The molecule has 1 aliphatic heterocycles. The van der Waals surface area contributed by atoms with Gasteiger partial charge in [0.1, 0.15) is 12.7 Å². The van der Waals surface area contributed by atoms with Crippen LogP contribution >= 0.6 is 0 Å². The van der Waals surface area contributed by atoms with Gasteiger partial charge < -0.3 is 14.8 Å². The molecule has 6 rings (SSSR count). The molecule has 1 unspecified atom stereocenters. The highest BCUT2D eigenvalue weighted by Crippen LogP contribution is 2.21. The first-order valence-electron chi connectivity index (χ1n) is 11.6. The Hall–Kier alpha value is -4.29. The molecule has 1 aromatic carbocycles. The summed E-state index contributed by atoms with van der Waals surface area (Å²) < 4.78 is 14.9. The standard InChI is InChI=1S/C24H24N10O2/c1-33-14-18(8-29-33)21-12-28-23-24(30-21)34(32-31-23)13-16-3-2-4-17(7-16)22-26-10-19(11-27-22)36-15-20-9-25-5-6-35-20/h2-4,7-8,10-12,14,20,25H,5-6,9,13,15H2,1H3. The quantitative estimate of drug-likeness (QED) is 0.362. The van der Waals surface area contributed by atoms with Gasteiger partial charge in [0, 0.05) is 37.5 Å². The van der Waals surface area contributed by atoms with Crippen LogP contribution in [0.5, 0.6) is 5.75 Å². The fourth-order valence-electron chi connectivity index (χ4n) is 3.99. The van der Waals surface area contributed by atoms with Crippen molar-refractivity contribution >= 4 is 11.3 Å². The molecule has 1 atom stereocenters. The van der Waals surface area contributed by atoms with Gasteiger partial charge in [-0.1, -0.05) is 23.4 Å². The van der Waals surface area contributed by atoms with Gasteiger partial charge in [0.2, 0.25) is 5.65 Å². The molecule has 0 amide bonds. The summed E-state index contributed by atoms with van der Waals surface area (Å²) in [6.07, 6.45) is 8.74. The summed E-state index contributed by atoms with van der Waals surface area (Å²) in [6.45, 7) is 3.29. The number of fused-ring (bicyclic) bond motifs is 1. The first-order valence-corrected chi connectivity index (χ1v) is 11.6. The third-order valence-electron chi connectivity index (χ3n) is 5.81. The molecule has 0 aliphatic carbocycles. The van der Waals surface area contributed by atoms with E-state index in [9.17, 15) is 0 Å². The molecular formula is C24H24N10O2. The smallest absolute Gasteiger partial charge is 0.221 e. The minimum absolute atomic E-state index is 0.0353. The number of aromatic nitrogens is 9. The van der Waals surface area contributed by atoms with Crippen LogP contribution in [-0.4, -0.2) is 77.1 Å². The molecule has 4 aromatic heterocycles. The zero-order valence-corrected chi connectivity index (χ0v) is 19.7. The van der Waals surface area contributed by atoms with Gasteiger partial charge in [-0.15, -0.1) is 5.10 Å². The van der Waals surface area contributed by atoms with Gasteiger partial charge in [-0.3, -0.25) is 4.68 Å². The van der Waals surface area contributed by atoms with Crippen LogP contribution in [0.2, 0.25) is 0 Å². The lowest BCUT2D eigenvalue weighted by atomic mass is 10.1. The molecule has 0 radical (unpaired) electrons. The summed E-state index contributed by atoms with van der Waals surface area (Å²) in [5.41, 5.74) is 4.61. The highest BCUT2D eigenvalue weighted by atomic mass is 16.5. The maximum Gasteiger partial charge on any atom is 0.221 e. The normalized spacial score (nSPS) is 15.9. The summed E-state index contributed by atoms with van der Waals surface area (Å²) in [5, 5.41) is 15.9. The van der Waals surface area contributed by atoms with Crippen LogP contribution in [0, 0.1) is 0 Å². The Morgan fingerprint density at radius 2 is 2.03 bits per heavy atom. The van der Waals surface area contributed by atoms with E-state index in [0.717, 1.165) is 35.5 Å². The molecule has 1 saturated heterocycles. The number of morpholine rings is 1. The summed E-state index contributed by atoms with van der Waals surface area (Å²) in [7, 11) is 1.86. The van der Waals surface area contributed by atoms with Crippen molar-refractivity contribution in [1.82, 2.24) is 50.0 Å². The second-order valence-corrected chi connectivity index (χ2v) is 8.50. The number of nitrogens with zero attached hydrogens (tertiary/aromatic N) is 9. The predicted octanol–water partition coefficient (Wildman–Crippen LogP) is 1.49. The molecule has 1 N–H and O–H groups in total.